The molecular weight excluding hydrogens is 540 g/mol. The van der Waals surface area contributed by atoms with Crippen molar-refractivity contribution in [1.82, 2.24) is 15.3 Å². The summed E-state index contributed by atoms with van der Waals surface area (Å²) >= 11 is 0. The molecule has 42 heavy (non-hydrogen) atoms. The smallest absolute Gasteiger partial charge is 0.407 e. The van der Waals surface area contributed by atoms with Crippen LogP contribution in [-0.4, -0.2) is 108 Å². The van der Waals surface area contributed by atoms with Crippen molar-refractivity contribution in [2.45, 2.75) is 25.6 Å². The lowest BCUT2D eigenvalue weighted by Crippen LogP contribution is -2.44. The predicted octanol–water partition coefficient (Wildman–Crippen LogP) is 2.90. The number of nitrogens with zero attached hydrogens (tertiary/aromatic N) is 5. The van der Waals surface area contributed by atoms with E-state index in [1.807, 2.05) is 62.3 Å². The summed E-state index contributed by atoms with van der Waals surface area (Å²) in [6, 6.07) is 10.2. The number of rotatable bonds is 12. The fourth-order valence-corrected chi connectivity index (χ4v) is 4.77. The number of ether oxygens (including phenoxy) is 2. The number of alkyl carbamates (subject to hydrolysis) is 1. The number of aliphatic imine (C=N–C) groups is 2. The summed E-state index contributed by atoms with van der Waals surface area (Å²) in [4.78, 5) is 54.7. The van der Waals surface area contributed by atoms with Crippen LogP contribution >= 0.6 is 0 Å². The van der Waals surface area contributed by atoms with E-state index < -0.39 is 36.0 Å². The molecule has 3 amide bonds. The van der Waals surface area contributed by atoms with Gasteiger partial charge in [0.25, 0.3) is 11.8 Å². The van der Waals surface area contributed by atoms with E-state index in [0.29, 0.717) is 24.4 Å². The van der Waals surface area contributed by atoms with Crippen LogP contribution in [0, 0.1) is 5.92 Å². The van der Waals surface area contributed by atoms with Gasteiger partial charge >= 0.3 is 6.09 Å². The number of methoxy groups -OCH3 is 1. The average molecular weight is 581 g/mol. The third-order valence-corrected chi connectivity index (χ3v) is 7.04. The van der Waals surface area contributed by atoms with Gasteiger partial charge < -0.3 is 24.6 Å². The molecule has 1 aliphatic rings. The van der Waals surface area contributed by atoms with Gasteiger partial charge in [-0.2, -0.15) is 5.06 Å². The Morgan fingerprint density at radius 2 is 1.88 bits per heavy atom. The zero-order valence-corrected chi connectivity index (χ0v) is 25.1. The fourth-order valence-electron chi connectivity index (χ4n) is 4.77. The molecule has 0 bridgehead atoms. The Morgan fingerprint density at radius 3 is 2.50 bits per heavy atom. The van der Waals surface area contributed by atoms with Gasteiger partial charge in [-0.25, -0.2) is 14.8 Å². The van der Waals surface area contributed by atoms with E-state index in [4.69, 9.17) is 14.3 Å². The van der Waals surface area contributed by atoms with E-state index in [-0.39, 0.29) is 13.2 Å². The second-order valence-electron chi connectivity index (χ2n) is 10.4. The molecule has 1 aliphatic heterocycles. The highest BCUT2D eigenvalue weighted by atomic mass is 16.7. The molecule has 1 fully saturated rings. The van der Waals surface area contributed by atoms with Crippen LogP contribution in [0.4, 0.5) is 10.5 Å². The number of carbonyl (C=O) groups is 3. The maximum absolute atomic E-state index is 12.9. The van der Waals surface area contributed by atoms with Crippen molar-refractivity contribution in [3.63, 3.8) is 0 Å². The Kier molecular flexibility index (Phi) is 11.3. The number of hydroxylamine groups is 2. The highest BCUT2D eigenvalue weighted by Crippen LogP contribution is 2.38. The Balaban J connectivity index is 1.89. The van der Waals surface area contributed by atoms with Gasteiger partial charge in [-0.3, -0.25) is 14.4 Å². The topological polar surface area (TPSA) is 125 Å². The monoisotopic (exact) mass is 580 g/mol. The van der Waals surface area contributed by atoms with Crippen molar-refractivity contribution in [2.75, 3.05) is 59.9 Å². The quantitative estimate of drug-likeness (QED) is 0.377. The summed E-state index contributed by atoms with van der Waals surface area (Å²) in [5, 5.41) is 4.24. The number of carbonyl (C=O) groups excluding carboxylic acids is 3. The van der Waals surface area contributed by atoms with Crippen LogP contribution in [0.3, 0.4) is 0 Å². The molecule has 0 aromatic heterocycles. The molecular formula is C30H40N6O6. The highest BCUT2D eigenvalue weighted by Gasteiger charge is 2.45. The van der Waals surface area contributed by atoms with Gasteiger partial charge in [0.15, 0.2) is 0 Å². The Labute approximate surface area is 246 Å². The minimum atomic E-state index is -0.833. The van der Waals surface area contributed by atoms with Crippen molar-refractivity contribution >= 4 is 37.0 Å². The minimum Gasteiger partial charge on any atom is -0.496 e. The van der Waals surface area contributed by atoms with Crippen LogP contribution in [-0.2, 0) is 20.9 Å². The minimum absolute atomic E-state index is 0.144. The number of nitrogens with one attached hydrogen (secondary N) is 1. The lowest BCUT2D eigenvalue weighted by molar-refractivity contribution is -0.155. The SMILES string of the molecule is C=NC(=O)c1cc(-c2cccc(CN3OC[C@@H]([C@H](C)OC(=O)NCCN(C)C)[C@H]3C(=O)N=C)c2OC)cc(N(C)C)c1. The zero-order chi connectivity index (χ0) is 31.0. The number of benzene rings is 2. The number of amides is 3. The van der Waals surface area contributed by atoms with Crippen molar-refractivity contribution in [2.24, 2.45) is 15.9 Å². The molecule has 2 aromatic carbocycles. The standard InChI is InChI=1S/C30H40N6O6/c1-19(42-30(39)33-12-13-34(4)5)25-18-41-36(26(25)29(38)32-3)17-20-10-9-11-24(27(20)40-8)21-14-22(28(37)31-2)16-23(15-21)35(6)7/h9-11,14-16,19,25-26H,2-3,12-13,17-18H2,1,4-8H3,(H,33,39)/t19-,25-,26-/m0/s1. The summed E-state index contributed by atoms with van der Waals surface area (Å²) in [5.74, 6) is -0.858. The third-order valence-electron chi connectivity index (χ3n) is 7.04. The van der Waals surface area contributed by atoms with E-state index in [2.05, 4.69) is 28.7 Å². The van der Waals surface area contributed by atoms with Gasteiger partial charge in [0, 0.05) is 55.5 Å². The molecule has 0 spiro atoms. The first-order valence-electron chi connectivity index (χ1n) is 13.5. The largest absolute Gasteiger partial charge is 0.496 e. The van der Waals surface area contributed by atoms with Crippen molar-refractivity contribution in [3.8, 4) is 16.9 Å². The third kappa shape index (κ3) is 7.78. The van der Waals surface area contributed by atoms with Crippen LogP contribution in [0.2, 0.25) is 0 Å². The first-order valence-corrected chi connectivity index (χ1v) is 13.5. The van der Waals surface area contributed by atoms with Gasteiger partial charge in [-0.1, -0.05) is 18.2 Å². The molecule has 0 radical (unpaired) electrons. The highest BCUT2D eigenvalue weighted by molar-refractivity contribution is 5.99. The molecule has 1 N–H and O–H groups in total. The maximum Gasteiger partial charge on any atom is 0.407 e. The molecule has 0 unspecified atom stereocenters. The normalized spacial score (nSPS) is 17.4. The summed E-state index contributed by atoms with van der Waals surface area (Å²) < 4.78 is 11.4. The molecule has 0 saturated carbocycles. The number of hydrogen-bond donors (Lipinski definition) is 1. The Bertz CT molecular complexity index is 1310. The van der Waals surface area contributed by atoms with E-state index in [1.54, 1.807) is 26.2 Å². The fraction of sp³-hybridized carbons (Fsp3) is 0.433. The van der Waals surface area contributed by atoms with Crippen LogP contribution < -0.4 is 15.0 Å². The summed E-state index contributed by atoms with van der Waals surface area (Å²) in [7, 11) is 9.13. The van der Waals surface area contributed by atoms with E-state index >= 15 is 0 Å². The number of anilines is 1. The molecule has 3 atom stereocenters. The van der Waals surface area contributed by atoms with Gasteiger partial charge in [0.1, 0.15) is 17.9 Å². The van der Waals surface area contributed by atoms with Crippen LogP contribution in [0.15, 0.2) is 46.4 Å². The van der Waals surface area contributed by atoms with Crippen LogP contribution in [0.5, 0.6) is 5.75 Å². The van der Waals surface area contributed by atoms with Crippen molar-refractivity contribution in [1.29, 1.82) is 0 Å². The van der Waals surface area contributed by atoms with E-state index in [1.165, 1.54) is 5.06 Å². The lowest BCUT2D eigenvalue weighted by Gasteiger charge is -2.27. The molecule has 3 rings (SSSR count). The molecule has 1 heterocycles. The molecule has 12 heteroatoms. The summed E-state index contributed by atoms with van der Waals surface area (Å²) in [6.45, 7) is 9.93. The Hall–Kier alpha value is -4.13. The zero-order valence-electron chi connectivity index (χ0n) is 25.1. The van der Waals surface area contributed by atoms with Crippen LogP contribution in [0.25, 0.3) is 11.1 Å². The average Bonchev–Trinajstić information content (AvgIpc) is 3.39. The predicted molar refractivity (Wildman–Crippen MR) is 162 cm³/mol. The van der Waals surface area contributed by atoms with E-state index in [9.17, 15) is 14.4 Å². The van der Waals surface area contributed by atoms with Crippen LogP contribution in [0.1, 0.15) is 22.8 Å². The first-order chi connectivity index (χ1) is 20.0. The van der Waals surface area contributed by atoms with Gasteiger partial charge in [0.05, 0.1) is 20.3 Å². The summed E-state index contributed by atoms with van der Waals surface area (Å²) in [6.07, 6.45) is -1.21. The van der Waals surface area contributed by atoms with Crippen molar-refractivity contribution in [3.05, 3.63) is 47.5 Å². The second-order valence-corrected chi connectivity index (χ2v) is 10.4. The lowest BCUT2D eigenvalue weighted by atomic mass is 9.94. The number of hydrogen-bond acceptors (Lipinski definition) is 9. The maximum atomic E-state index is 12.9. The molecule has 1 saturated heterocycles. The van der Waals surface area contributed by atoms with E-state index in [0.717, 1.165) is 22.4 Å². The Morgan fingerprint density at radius 1 is 1.14 bits per heavy atom. The summed E-state index contributed by atoms with van der Waals surface area (Å²) in [5.41, 5.74) is 3.42. The van der Waals surface area contributed by atoms with Gasteiger partial charge in [-0.15, -0.1) is 0 Å². The van der Waals surface area contributed by atoms with Crippen molar-refractivity contribution < 1.29 is 28.7 Å². The molecule has 226 valence electrons. The molecule has 12 nitrogen and oxygen atoms in total. The molecule has 2 aromatic rings. The van der Waals surface area contributed by atoms with Gasteiger partial charge in [-0.05, 0) is 58.2 Å². The number of para-hydroxylation sites is 1. The number of likely N-dealkylation sites (N-methyl/N-ethyl adjacent to an activating group) is 1. The van der Waals surface area contributed by atoms with Gasteiger partial charge in [0.2, 0.25) is 0 Å². The second kappa shape index (κ2) is 14.7. The first kappa shape index (κ1) is 32.4. The molecule has 0 aliphatic carbocycles.